The van der Waals surface area contributed by atoms with Crippen molar-refractivity contribution in [3.63, 3.8) is 0 Å². The molecule has 6 nitrogen and oxygen atoms in total. The Balaban J connectivity index is 2.29. The van der Waals surface area contributed by atoms with Crippen molar-refractivity contribution in [2.45, 2.75) is 26.5 Å². The van der Waals surface area contributed by atoms with Gasteiger partial charge in [-0.3, -0.25) is 0 Å². The molecule has 0 unspecified atom stereocenters. The van der Waals surface area contributed by atoms with Crippen molar-refractivity contribution >= 4 is 44.6 Å². The van der Waals surface area contributed by atoms with Crippen LogP contribution >= 0.6 is 22.9 Å². The van der Waals surface area contributed by atoms with Crippen molar-refractivity contribution < 1.29 is 17.9 Å². The van der Waals surface area contributed by atoms with E-state index in [1.807, 2.05) is 13.8 Å². The molecule has 0 aliphatic rings. The van der Waals surface area contributed by atoms with Crippen molar-refractivity contribution in [2.24, 2.45) is 11.0 Å². The van der Waals surface area contributed by atoms with E-state index in [0.29, 0.717) is 15.6 Å². The minimum absolute atomic E-state index is 0.0219. The topological polar surface area (TPSA) is 84.8 Å². The van der Waals surface area contributed by atoms with Crippen LogP contribution in [0.5, 0.6) is 0 Å². The van der Waals surface area contributed by atoms with E-state index < -0.39 is 15.9 Å². The van der Waals surface area contributed by atoms with Gasteiger partial charge in [0.1, 0.15) is 5.71 Å². The van der Waals surface area contributed by atoms with E-state index in [2.05, 4.69) is 10.5 Å². The Kier molecular flexibility index (Phi) is 8.03. The number of carbonyl (C=O) groups is 1. The lowest BCUT2D eigenvalue weighted by Gasteiger charge is -2.08. The molecule has 0 atom stereocenters. The second kappa shape index (κ2) is 10.0. The molecule has 0 aliphatic heterocycles. The number of thiophene rings is 1. The number of nitrogens with one attached hydrogen (secondary N) is 1. The van der Waals surface area contributed by atoms with Crippen LogP contribution in [0, 0.1) is 5.92 Å². The van der Waals surface area contributed by atoms with E-state index in [9.17, 15) is 13.2 Å². The highest BCUT2D eigenvalue weighted by Gasteiger charge is 2.15. The summed E-state index contributed by atoms with van der Waals surface area (Å²) in [6.45, 7) is 5.78. The van der Waals surface area contributed by atoms with E-state index in [1.54, 1.807) is 43.3 Å². The molecule has 0 fully saturated rings. The number of carbonyl (C=O) groups excluding carboxylic acids is 1. The van der Waals surface area contributed by atoms with Gasteiger partial charge in [-0.05, 0) is 30.2 Å². The minimum atomic E-state index is -3.13. The molecule has 0 saturated heterocycles. The first-order valence-corrected chi connectivity index (χ1v) is 11.8. The summed E-state index contributed by atoms with van der Waals surface area (Å²) in [5.41, 5.74) is 3.64. The number of hydrazone groups is 1. The van der Waals surface area contributed by atoms with E-state index >= 15 is 0 Å². The molecule has 1 heterocycles. The third kappa shape index (κ3) is 6.92. The predicted octanol–water partition coefficient (Wildman–Crippen LogP) is 4.47. The smallest absolute Gasteiger partial charge is 0.427 e. The molecule has 0 aliphatic carbocycles. The van der Waals surface area contributed by atoms with Crippen molar-refractivity contribution in [1.82, 2.24) is 5.43 Å². The molecule has 1 amide bonds. The molecule has 2 aromatic rings. The Morgan fingerprint density at radius 1 is 1.21 bits per heavy atom. The maximum absolute atomic E-state index is 11.9. The lowest BCUT2D eigenvalue weighted by atomic mass is 10.1. The quantitative estimate of drug-likeness (QED) is 0.482. The van der Waals surface area contributed by atoms with Gasteiger partial charge in [0.2, 0.25) is 0 Å². The zero-order valence-corrected chi connectivity index (χ0v) is 18.3. The SMILES string of the molecule is CCS(=O)(=O)Cc1ccc(C(=NNC(=O)OCC(C)C)c2ccc(Cl)cc2)s1. The van der Waals surface area contributed by atoms with Gasteiger partial charge >= 0.3 is 6.09 Å². The lowest BCUT2D eigenvalue weighted by Crippen LogP contribution is -2.23. The highest BCUT2D eigenvalue weighted by atomic mass is 35.5. The molecule has 1 N–H and O–H groups in total. The van der Waals surface area contributed by atoms with Crippen molar-refractivity contribution in [1.29, 1.82) is 0 Å². The number of hydrogen-bond acceptors (Lipinski definition) is 6. The van der Waals surface area contributed by atoms with Crippen LogP contribution in [0.2, 0.25) is 5.02 Å². The van der Waals surface area contributed by atoms with E-state index in [0.717, 1.165) is 10.4 Å². The van der Waals surface area contributed by atoms with Gasteiger partial charge in [-0.15, -0.1) is 11.3 Å². The Labute approximate surface area is 174 Å². The molecule has 28 heavy (non-hydrogen) atoms. The molecule has 1 aromatic heterocycles. The molecule has 2 rings (SSSR count). The number of ether oxygens (including phenoxy) is 1. The van der Waals surface area contributed by atoms with Gasteiger partial charge in [0.15, 0.2) is 9.84 Å². The Bertz CT molecular complexity index is 935. The molecule has 0 saturated carbocycles. The first kappa shape index (κ1) is 22.4. The molecule has 1 aromatic carbocycles. The first-order valence-electron chi connectivity index (χ1n) is 8.76. The predicted molar refractivity (Wildman–Crippen MR) is 114 cm³/mol. The van der Waals surface area contributed by atoms with Crippen LogP contribution in [0.25, 0.3) is 0 Å². The monoisotopic (exact) mass is 442 g/mol. The van der Waals surface area contributed by atoms with E-state index in [4.69, 9.17) is 16.3 Å². The number of hydrogen-bond donors (Lipinski definition) is 1. The van der Waals surface area contributed by atoms with Crippen LogP contribution in [0.4, 0.5) is 4.79 Å². The number of rotatable bonds is 8. The van der Waals surface area contributed by atoms with Gasteiger partial charge in [0, 0.05) is 21.2 Å². The average molecular weight is 443 g/mol. The van der Waals surface area contributed by atoms with Crippen LogP contribution in [0.1, 0.15) is 36.1 Å². The molecule has 152 valence electrons. The summed E-state index contributed by atoms with van der Waals surface area (Å²) >= 11 is 7.28. The van der Waals surface area contributed by atoms with Crippen LogP contribution in [-0.2, 0) is 20.3 Å². The summed E-state index contributed by atoms with van der Waals surface area (Å²) in [7, 11) is -3.13. The molecule has 0 bridgehead atoms. The van der Waals surface area contributed by atoms with Crippen LogP contribution in [0.15, 0.2) is 41.5 Å². The number of sulfone groups is 1. The van der Waals surface area contributed by atoms with Crippen molar-refractivity contribution in [3.05, 3.63) is 56.7 Å². The molecule has 0 radical (unpaired) electrons. The number of halogens is 1. The number of benzene rings is 1. The highest BCUT2D eigenvalue weighted by Crippen LogP contribution is 2.23. The van der Waals surface area contributed by atoms with Crippen LogP contribution in [0.3, 0.4) is 0 Å². The van der Waals surface area contributed by atoms with Gasteiger partial charge < -0.3 is 4.74 Å². The second-order valence-corrected chi connectivity index (χ2v) is 10.5. The standard InChI is InChI=1S/C19H23ClN2O4S2/c1-4-28(24,25)12-16-9-10-17(27-16)18(14-5-7-15(20)8-6-14)21-22-19(23)26-11-13(2)3/h5-10,13H,4,11-12H2,1-3H3,(H,22,23). The third-order valence-corrected chi connectivity index (χ3v) is 6.78. The fraction of sp³-hybridized carbons (Fsp3) is 0.368. The van der Waals surface area contributed by atoms with E-state index in [-0.39, 0.29) is 24.0 Å². The number of amides is 1. The molecule has 9 heteroatoms. The fourth-order valence-electron chi connectivity index (χ4n) is 2.15. The van der Waals surface area contributed by atoms with Crippen molar-refractivity contribution in [2.75, 3.05) is 12.4 Å². The normalized spacial score (nSPS) is 12.2. The summed E-state index contributed by atoms with van der Waals surface area (Å²) in [6, 6.07) is 10.6. The summed E-state index contributed by atoms with van der Waals surface area (Å²) < 4.78 is 28.8. The first-order chi connectivity index (χ1) is 13.2. The van der Waals surface area contributed by atoms with Gasteiger partial charge in [-0.25, -0.2) is 18.6 Å². The molecular formula is C19H23ClN2O4S2. The largest absolute Gasteiger partial charge is 0.448 e. The zero-order valence-electron chi connectivity index (χ0n) is 15.9. The van der Waals surface area contributed by atoms with Gasteiger partial charge in [-0.1, -0.05) is 44.5 Å². The summed E-state index contributed by atoms with van der Waals surface area (Å²) in [4.78, 5) is 13.3. The van der Waals surface area contributed by atoms with Crippen LogP contribution in [-0.4, -0.2) is 32.6 Å². The number of nitrogens with zero attached hydrogens (tertiary/aromatic N) is 1. The maximum Gasteiger partial charge on any atom is 0.427 e. The van der Waals surface area contributed by atoms with Gasteiger partial charge in [0.25, 0.3) is 0 Å². The zero-order chi connectivity index (χ0) is 20.7. The van der Waals surface area contributed by atoms with E-state index in [1.165, 1.54) is 11.3 Å². The Hall–Kier alpha value is -1.90. The average Bonchev–Trinajstić information content (AvgIpc) is 3.09. The summed E-state index contributed by atoms with van der Waals surface area (Å²) in [5.74, 6) is 0.277. The van der Waals surface area contributed by atoms with Gasteiger partial charge in [0.05, 0.1) is 17.2 Å². The maximum atomic E-state index is 11.9. The minimum Gasteiger partial charge on any atom is -0.448 e. The van der Waals surface area contributed by atoms with Crippen LogP contribution < -0.4 is 5.43 Å². The Morgan fingerprint density at radius 2 is 1.89 bits per heavy atom. The molecule has 0 spiro atoms. The van der Waals surface area contributed by atoms with Gasteiger partial charge in [-0.2, -0.15) is 5.10 Å². The lowest BCUT2D eigenvalue weighted by molar-refractivity contribution is 0.133. The summed E-state index contributed by atoms with van der Waals surface area (Å²) in [6.07, 6.45) is -0.648. The van der Waals surface area contributed by atoms with Crippen molar-refractivity contribution in [3.8, 4) is 0 Å². The fourth-order valence-corrected chi connectivity index (χ4v) is 4.60. The third-order valence-electron chi connectivity index (χ3n) is 3.62. The Morgan fingerprint density at radius 3 is 2.50 bits per heavy atom. The molecular weight excluding hydrogens is 420 g/mol. The highest BCUT2D eigenvalue weighted by molar-refractivity contribution is 7.90. The summed E-state index contributed by atoms with van der Waals surface area (Å²) in [5, 5.41) is 4.79. The second-order valence-electron chi connectivity index (χ2n) is 6.51.